The number of nitrogens with one attached hydrogen (secondary N) is 1. The fourth-order valence-corrected chi connectivity index (χ4v) is 4.18. The highest BCUT2D eigenvalue weighted by Gasteiger charge is 2.45. The van der Waals surface area contributed by atoms with E-state index in [1.165, 1.54) is 29.8 Å². The minimum atomic E-state index is -4.52. The average molecular weight is 438 g/mol. The van der Waals surface area contributed by atoms with Crippen molar-refractivity contribution in [2.24, 2.45) is 5.92 Å². The van der Waals surface area contributed by atoms with E-state index < -0.39 is 29.5 Å². The Balaban J connectivity index is 1.96. The van der Waals surface area contributed by atoms with Gasteiger partial charge in [-0.3, -0.25) is 9.59 Å². The molecule has 0 unspecified atom stereocenters. The molecule has 1 saturated heterocycles. The van der Waals surface area contributed by atoms with Crippen LogP contribution in [0.4, 0.5) is 18.9 Å². The molecule has 2 aromatic rings. The van der Waals surface area contributed by atoms with E-state index in [-0.39, 0.29) is 18.2 Å². The smallest absolute Gasteiger partial charge is 0.416 e. The molecule has 0 aliphatic carbocycles. The summed E-state index contributed by atoms with van der Waals surface area (Å²) in [4.78, 5) is 28.1. The number of halogens is 3. The number of likely N-dealkylation sites (N-methyl/N-ethyl adjacent to an activating group) is 1. The Kier molecular flexibility index (Phi) is 6.30. The second-order valence-corrected chi connectivity index (χ2v) is 7.80. The van der Waals surface area contributed by atoms with Crippen LogP contribution in [0.2, 0.25) is 0 Å². The number of amides is 2. The maximum atomic E-state index is 13.1. The topological polar surface area (TPSA) is 58.6 Å². The number of carbonyl (C=O) groups is 2. The van der Waals surface area contributed by atoms with E-state index in [2.05, 4.69) is 5.32 Å². The predicted octanol–water partition coefficient (Wildman–Crippen LogP) is 4.25. The lowest BCUT2D eigenvalue weighted by Crippen LogP contribution is -2.33. The van der Waals surface area contributed by atoms with E-state index in [4.69, 9.17) is 4.74 Å². The molecule has 2 aromatic carbocycles. The minimum absolute atomic E-state index is 0.000221. The van der Waals surface area contributed by atoms with E-state index in [1.807, 2.05) is 18.4 Å². The van der Waals surface area contributed by atoms with Crippen LogP contribution in [0, 0.1) is 5.92 Å². The Morgan fingerprint density at radius 2 is 1.93 bits per heavy atom. The van der Waals surface area contributed by atoms with Gasteiger partial charge in [0.1, 0.15) is 11.7 Å². The lowest BCUT2D eigenvalue weighted by atomic mass is 9.86. The molecular weight excluding hydrogens is 417 g/mol. The van der Waals surface area contributed by atoms with Crippen molar-refractivity contribution < 1.29 is 27.5 Å². The van der Waals surface area contributed by atoms with E-state index in [0.717, 1.165) is 17.0 Å². The molecule has 0 saturated carbocycles. The van der Waals surface area contributed by atoms with Crippen LogP contribution in [-0.2, 0) is 15.8 Å². The average Bonchev–Trinajstić information content (AvgIpc) is 3.01. The summed E-state index contributed by atoms with van der Waals surface area (Å²) in [5, 5.41) is 2.80. The van der Waals surface area contributed by atoms with Gasteiger partial charge in [0.2, 0.25) is 11.8 Å². The van der Waals surface area contributed by atoms with E-state index in [9.17, 15) is 22.8 Å². The second-order valence-electron chi connectivity index (χ2n) is 6.95. The Bertz CT molecular complexity index is 965. The summed E-state index contributed by atoms with van der Waals surface area (Å²) < 4.78 is 44.4. The summed E-state index contributed by atoms with van der Waals surface area (Å²) >= 11 is 1.45. The number of hydrogen-bond acceptors (Lipinski definition) is 4. The minimum Gasteiger partial charge on any atom is -0.496 e. The highest BCUT2D eigenvalue weighted by atomic mass is 32.2. The van der Waals surface area contributed by atoms with E-state index in [1.54, 1.807) is 19.2 Å². The first-order chi connectivity index (χ1) is 14.2. The second kappa shape index (κ2) is 8.59. The highest BCUT2D eigenvalue weighted by Crippen LogP contribution is 2.41. The van der Waals surface area contributed by atoms with Crippen molar-refractivity contribution in [2.75, 3.05) is 32.3 Å². The third-order valence-electron chi connectivity index (χ3n) is 5.12. The number of methoxy groups -OCH3 is 1. The van der Waals surface area contributed by atoms with Gasteiger partial charge in [-0.2, -0.15) is 13.2 Å². The first kappa shape index (κ1) is 22.0. The molecule has 9 heteroatoms. The highest BCUT2D eigenvalue weighted by molar-refractivity contribution is 7.98. The molecule has 1 aliphatic rings. The van der Waals surface area contributed by atoms with Gasteiger partial charge in [-0.05, 0) is 30.5 Å². The Morgan fingerprint density at radius 1 is 1.23 bits per heavy atom. The van der Waals surface area contributed by atoms with Gasteiger partial charge >= 0.3 is 6.18 Å². The number of thioether (sulfide) groups is 1. The van der Waals surface area contributed by atoms with Crippen molar-refractivity contribution in [2.45, 2.75) is 17.0 Å². The van der Waals surface area contributed by atoms with Crippen LogP contribution in [-0.4, -0.2) is 43.7 Å². The normalized spacial score (nSPS) is 19.1. The third kappa shape index (κ3) is 4.26. The molecule has 0 bridgehead atoms. The van der Waals surface area contributed by atoms with Crippen molar-refractivity contribution in [1.29, 1.82) is 0 Å². The van der Waals surface area contributed by atoms with Gasteiger partial charge in [0, 0.05) is 30.0 Å². The molecule has 2 atom stereocenters. The number of rotatable bonds is 5. The van der Waals surface area contributed by atoms with Gasteiger partial charge in [-0.25, -0.2) is 0 Å². The molecule has 1 N–H and O–H groups in total. The van der Waals surface area contributed by atoms with Gasteiger partial charge in [-0.15, -0.1) is 11.8 Å². The van der Waals surface area contributed by atoms with Gasteiger partial charge in [0.25, 0.3) is 0 Å². The number of carbonyl (C=O) groups excluding carboxylic acids is 2. The number of likely N-dealkylation sites (tertiary alicyclic amines) is 1. The first-order valence-corrected chi connectivity index (χ1v) is 10.3. The first-order valence-electron chi connectivity index (χ1n) is 9.11. The number of para-hydroxylation sites is 1. The zero-order valence-electron chi connectivity index (χ0n) is 16.6. The number of alkyl halides is 3. The standard InChI is InChI=1S/C21H21F3N2O3S/c1-26-11-14(13-9-8-12(21(22,23)24)10-16(13)29-2)18(20(26)28)19(27)25-15-6-4-5-7-17(15)30-3/h4-10,14,18H,11H2,1-3H3,(H,25,27)/t14-,18+/m1/s1. The molecule has 5 nitrogen and oxygen atoms in total. The summed E-state index contributed by atoms with van der Waals surface area (Å²) in [6, 6.07) is 10.3. The molecule has 3 rings (SSSR count). The van der Waals surface area contributed by atoms with Crippen LogP contribution in [0.5, 0.6) is 5.75 Å². The van der Waals surface area contributed by atoms with Crippen LogP contribution in [0.1, 0.15) is 17.0 Å². The van der Waals surface area contributed by atoms with Gasteiger partial charge in [0.05, 0.1) is 18.4 Å². The molecule has 160 valence electrons. The third-order valence-corrected chi connectivity index (χ3v) is 5.92. The molecule has 2 amide bonds. The SMILES string of the molecule is COc1cc(C(F)(F)F)ccc1[C@H]1CN(C)C(=O)[C@@H]1C(=O)Nc1ccccc1SC. The molecule has 0 radical (unpaired) electrons. The monoisotopic (exact) mass is 438 g/mol. The lowest BCUT2D eigenvalue weighted by molar-refractivity contribution is -0.138. The van der Waals surface area contributed by atoms with Gasteiger partial charge in [0.15, 0.2) is 0 Å². The Morgan fingerprint density at radius 3 is 2.57 bits per heavy atom. The molecule has 30 heavy (non-hydrogen) atoms. The van der Waals surface area contributed by atoms with Crippen molar-refractivity contribution in [3.05, 3.63) is 53.6 Å². The zero-order chi connectivity index (χ0) is 22.1. The summed E-state index contributed by atoms with van der Waals surface area (Å²) in [5.74, 6) is -2.60. The van der Waals surface area contributed by atoms with Crippen molar-refractivity contribution in [3.8, 4) is 5.75 Å². The summed E-state index contributed by atoms with van der Waals surface area (Å²) in [6.07, 6.45) is -2.65. The van der Waals surface area contributed by atoms with E-state index in [0.29, 0.717) is 11.3 Å². The van der Waals surface area contributed by atoms with Crippen molar-refractivity contribution >= 4 is 29.3 Å². The van der Waals surface area contributed by atoms with Gasteiger partial charge in [-0.1, -0.05) is 18.2 Å². The quantitative estimate of drug-likeness (QED) is 0.560. The molecule has 1 fully saturated rings. The van der Waals surface area contributed by atoms with Crippen molar-refractivity contribution in [3.63, 3.8) is 0 Å². The number of nitrogens with zero attached hydrogens (tertiary/aromatic N) is 1. The summed E-state index contributed by atoms with van der Waals surface area (Å²) in [7, 11) is 2.83. The Hall–Kier alpha value is -2.68. The van der Waals surface area contributed by atoms with Crippen LogP contribution < -0.4 is 10.1 Å². The van der Waals surface area contributed by atoms with Crippen LogP contribution in [0.15, 0.2) is 47.4 Å². The summed E-state index contributed by atoms with van der Waals surface area (Å²) in [6.45, 7) is 0.197. The van der Waals surface area contributed by atoms with Gasteiger partial charge < -0.3 is 15.0 Å². The van der Waals surface area contributed by atoms with Crippen LogP contribution in [0.25, 0.3) is 0 Å². The fourth-order valence-electron chi connectivity index (χ4n) is 3.62. The van der Waals surface area contributed by atoms with Crippen LogP contribution in [0.3, 0.4) is 0 Å². The Labute approximate surface area is 176 Å². The maximum Gasteiger partial charge on any atom is 0.416 e. The number of benzene rings is 2. The lowest BCUT2D eigenvalue weighted by Gasteiger charge is -2.21. The molecule has 1 heterocycles. The molecule has 0 aromatic heterocycles. The summed E-state index contributed by atoms with van der Waals surface area (Å²) in [5.41, 5.74) is 0.118. The number of hydrogen-bond donors (Lipinski definition) is 1. The molecular formula is C21H21F3N2O3S. The maximum absolute atomic E-state index is 13.1. The van der Waals surface area contributed by atoms with E-state index >= 15 is 0 Å². The number of ether oxygens (including phenoxy) is 1. The predicted molar refractivity (Wildman–Crippen MR) is 109 cm³/mol. The fraction of sp³-hybridized carbons (Fsp3) is 0.333. The molecule has 0 spiro atoms. The van der Waals surface area contributed by atoms with Crippen molar-refractivity contribution in [1.82, 2.24) is 4.90 Å². The number of anilines is 1. The zero-order valence-corrected chi connectivity index (χ0v) is 17.4. The largest absolute Gasteiger partial charge is 0.496 e. The molecule has 1 aliphatic heterocycles. The van der Waals surface area contributed by atoms with Crippen LogP contribution >= 0.6 is 11.8 Å².